The number of carbonyl (C=O) groups excluding carboxylic acids is 1. The van der Waals surface area contributed by atoms with Gasteiger partial charge in [0.2, 0.25) is 0 Å². The van der Waals surface area contributed by atoms with Crippen LogP contribution in [-0.4, -0.2) is 48.5 Å². The lowest BCUT2D eigenvalue weighted by molar-refractivity contribution is -0.136. The summed E-state index contributed by atoms with van der Waals surface area (Å²) in [6.45, 7) is 7.81. The summed E-state index contributed by atoms with van der Waals surface area (Å²) in [5, 5.41) is 0. The minimum Gasteiger partial charge on any atom is -0.484 e. The quantitative estimate of drug-likeness (QED) is 0.833. The summed E-state index contributed by atoms with van der Waals surface area (Å²) in [4.78, 5) is 17.0. The van der Waals surface area contributed by atoms with Crippen LogP contribution in [0.5, 0.6) is 5.75 Å². The first-order valence-electron chi connectivity index (χ1n) is 9.44. The molecule has 27 heavy (non-hydrogen) atoms. The number of halogens is 1. The molecule has 2 aromatic carbocycles. The lowest BCUT2D eigenvalue weighted by atomic mass is 9.75. The first kappa shape index (κ1) is 18.0. The number of piperazine rings is 1. The molecule has 2 aromatic rings. The van der Waals surface area contributed by atoms with E-state index in [1.54, 1.807) is 12.1 Å². The Morgan fingerprint density at radius 1 is 1.15 bits per heavy atom. The highest BCUT2D eigenvalue weighted by molar-refractivity contribution is 5.78. The summed E-state index contributed by atoms with van der Waals surface area (Å²) in [6.07, 6.45) is 0. The summed E-state index contributed by atoms with van der Waals surface area (Å²) in [6, 6.07) is 14.6. The minimum atomic E-state index is -0.316. The topological polar surface area (TPSA) is 32.8 Å². The lowest BCUT2D eigenvalue weighted by Gasteiger charge is -2.50. The minimum absolute atomic E-state index is 0.0223. The highest BCUT2D eigenvalue weighted by Gasteiger charge is 2.40. The molecule has 1 saturated heterocycles. The van der Waals surface area contributed by atoms with E-state index in [0.717, 1.165) is 13.1 Å². The van der Waals surface area contributed by atoms with Gasteiger partial charge in [-0.05, 0) is 35.4 Å². The fraction of sp³-hybridized carbons (Fsp3) is 0.409. The van der Waals surface area contributed by atoms with Crippen molar-refractivity contribution in [2.24, 2.45) is 0 Å². The second-order valence-corrected chi connectivity index (χ2v) is 8.04. The molecule has 0 radical (unpaired) electrons. The third-order valence-corrected chi connectivity index (χ3v) is 5.67. The van der Waals surface area contributed by atoms with Crippen LogP contribution in [0.25, 0.3) is 0 Å². The van der Waals surface area contributed by atoms with Gasteiger partial charge < -0.3 is 9.64 Å². The molecule has 142 valence electrons. The Morgan fingerprint density at radius 2 is 1.89 bits per heavy atom. The van der Waals surface area contributed by atoms with Crippen molar-refractivity contribution < 1.29 is 13.9 Å². The molecule has 1 fully saturated rings. The summed E-state index contributed by atoms with van der Waals surface area (Å²) >= 11 is 0. The summed E-state index contributed by atoms with van der Waals surface area (Å²) < 4.78 is 18.5. The number of rotatable bonds is 3. The molecule has 2 aliphatic rings. The molecule has 0 N–H and O–H groups in total. The van der Waals surface area contributed by atoms with Crippen LogP contribution in [0.3, 0.4) is 0 Å². The lowest BCUT2D eigenvalue weighted by Crippen LogP contribution is -2.56. The van der Waals surface area contributed by atoms with Crippen molar-refractivity contribution in [1.29, 1.82) is 0 Å². The largest absolute Gasteiger partial charge is 0.484 e. The smallest absolute Gasteiger partial charge is 0.260 e. The van der Waals surface area contributed by atoms with E-state index in [1.165, 1.54) is 23.3 Å². The molecule has 4 rings (SSSR count). The predicted octanol–water partition coefficient (Wildman–Crippen LogP) is 3.38. The van der Waals surface area contributed by atoms with E-state index in [0.29, 0.717) is 18.8 Å². The molecule has 1 amide bonds. The number of ether oxygens (including phenoxy) is 1. The molecule has 4 nitrogen and oxygen atoms in total. The molecule has 1 unspecified atom stereocenters. The van der Waals surface area contributed by atoms with Crippen molar-refractivity contribution in [3.63, 3.8) is 0 Å². The summed E-state index contributed by atoms with van der Waals surface area (Å²) in [5.74, 6) is 0.165. The molecule has 0 bridgehead atoms. The molecule has 2 heterocycles. The Balaban J connectivity index is 1.45. The van der Waals surface area contributed by atoms with Crippen molar-refractivity contribution in [3.8, 4) is 5.75 Å². The van der Waals surface area contributed by atoms with Gasteiger partial charge in [-0.25, -0.2) is 4.39 Å². The SMILES string of the molecule is CC1(C)CN2CCN(C(=O)COc3ccc(F)cc3)CC2c2ccccc21. The number of nitrogens with zero attached hydrogens (tertiary/aromatic N) is 2. The zero-order valence-corrected chi connectivity index (χ0v) is 15.8. The fourth-order valence-electron chi connectivity index (χ4n) is 4.30. The van der Waals surface area contributed by atoms with Crippen LogP contribution in [0.4, 0.5) is 4.39 Å². The van der Waals surface area contributed by atoms with Crippen molar-refractivity contribution >= 4 is 5.91 Å². The van der Waals surface area contributed by atoms with Gasteiger partial charge in [0, 0.05) is 31.6 Å². The highest BCUT2D eigenvalue weighted by atomic mass is 19.1. The number of carbonyl (C=O) groups is 1. The Bertz CT molecular complexity index is 834. The van der Waals surface area contributed by atoms with E-state index < -0.39 is 0 Å². The average molecular weight is 368 g/mol. The summed E-state index contributed by atoms with van der Waals surface area (Å²) in [5.41, 5.74) is 2.82. The Hall–Kier alpha value is -2.40. The average Bonchev–Trinajstić information content (AvgIpc) is 2.67. The number of amides is 1. The molecule has 1 atom stereocenters. The second-order valence-electron chi connectivity index (χ2n) is 8.04. The van der Waals surface area contributed by atoms with Gasteiger partial charge in [-0.15, -0.1) is 0 Å². The second kappa shape index (κ2) is 6.97. The normalized spacial score (nSPS) is 21.3. The number of benzene rings is 2. The van der Waals surface area contributed by atoms with E-state index in [4.69, 9.17) is 4.74 Å². The standard InChI is InChI=1S/C22H25FN2O2/c1-22(2)15-25-12-11-24(13-20(25)18-5-3-4-6-19(18)22)21(26)14-27-17-9-7-16(23)8-10-17/h3-10,20H,11-15H2,1-2H3. The van der Waals surface area contributed by atoms with Crippen molar-refractivity contribution in [1.82, 2.24) is 9.80 Å². The zero-order chi connectivity index (χ0) is 19.0. The molecule has 0 aliphatic carbocycles. The van der Waals surface area contributed by atoms with Gasteiger partial charge in [0.05, 0.1) is 6.04 Å². The zero-order valence-electron chi connectivity index (χ0n) is 15.8. The van der Waals surface area contributed by atoms with Crippen LogP contribution in [-0.2, 0) is 10.2 Å². The van der Waals surface area contributed by atoms with Crippen molar-refractivity contribution in [3.05, 3.63) is 65.5 Å². The van der Waals surface area contributed by atoms with Gasteiger partial charge in [0.25, 0.3) is 5.91 Å². The molecule has 0 aromatic heterocycles. The van der Waals surface area contributed by atoms with Crippen LogP contribution in [0.1, 0.15) is 31.0 Å². The molecule has 0 spiro atoms. The van der Waals surface area contributed by atoms with E-state index in [2.05, 4.69) is 43.0 Å². The van der Waals surface area contributed by atoms with Crippen molar-refractivity contribution in [2.75, 3.05) is 32.8 Å². The molecule has 5 heteroatoms. The molecular formula is C22H25FN2O2. The maximum absolute atomic E-state index is 13.0. The van der Waals surface area contributed by atoms with Crippen LogP contribution >= 0.6 is 0 Å². The maximum atomic E-state index is 13.0. The van der Waals surface area contributed by atoms with Gasteiger partial charge in [0.1, 0.15) is 11.6 Å². The fourth-order valence-corrected chi connectivity index (χ4v) is 4.30. The molecule has 2 aliphatic heterocycles. The van der Waals surface area contributed by atoms with Gasteiger partial charge in [-0.1, -0.05) is 38.1 Å². The Labute approximate surface area is 159 Å². The molecule has 0 saturated carbocycles. The molecular weight excluding hydrogens is 343 g/mol. The third-order valence-electron chi connectivity index (χ3n) is 5.67. The van der Waals surface area contributed by atoms with E-state index in [1.807, 2.05) is 4.90 Å². The first-order chi connectivity index (χ1) is 12.9. The Morgan fingerprint density at radius 3 is 2.67 bits per heavy atom. The number of fused-ring (bicyclic) bond motifs is 3. The predicted molar refractivity (Wildman–Crippen MR) is 102 cm³/mol. The number of hydrogen-bond donors (Lipinski definition) is 0. The van der Waals surface area contributed by atoms with Crippen LogP contribution in [0.15, 0.2) is 48.5 Å². The van der Waals surface area contributed by atoms with Gasteiger partial charge >= 0.3 is 0 Å². The number of hydrogen-bond acceptors (Lipinski definition) is 3. The Kier molecular flexibility index (Phi) is 4.64. The van der Waals surface area contributed by atoms with Gasteiger partial charge in [0.15, 0.2) is 6.61 Å². The van der Waals surface area contributed by atoms with Crippen molar-refractivity contribution in [2.45, 2.75) is 25.3 Å². The monoisotopic (exact) mass is 368 g/mol. The first-order valence-corrected chi connectivity index (χ1v) is 9.44. The van der Waals surface area contributed by atoms with Crippen LogP contribution in [0.2, 0.25) is 0 Å². The maximum Gasteiger partial charge on any atom is 0.260 e. The van der Waals surface area contributed by atoms with Gasteiger partial charge in [-0.3, -0.25) is 9.69 Å². The van der Waals surface area contributed by atoms with Crippen LogP contribution in [0, 0.1) is 5.82 Å². The van der Waals surface area contributed by atoms with E-state index >= 15 is 0 Å². The van der Waals surface area contributed by atoms with E-state index in [-0.39, 0.29) is 29.8 Å². The van der Waals surface area contributed by atoms with Crippen LogP contribution < -0.4 is 4.74 Å². The third kappa shape index (κ3) is 3.56. The van der Waals surface area contributed by atoms with E-state index in [9.17, 15) is 9.18 Å². The highest BCUT2D eigenvalue weighted by Crippen LogP contribution is 2.40. The summed E-state index contributed by atoms with van der Waals surface area (Å²) in [7, 11) is 0. The van der Waals surface area contributed by atoms with Gasteiger partial charge in [-0.2, -0.15) is 0 Å².